The Bertz CT molecular complexity index is 270. The normalized spacial score (nSPS) is 27.9. The van der Waals surface area contributed by atoms with Gasteiger partial charge in [0.25, 0.3) is 0 Å². The van der Waals surface area contributed by atoms with Gasteiger partial charge in [0, 0.05) is 38.8 Å². The molecule has 0 aromatic heterocycles. The highest BCUT2D eigenvalue weighted by atomic mass is 16.5. The molecule has 0 radical (unpaired) electrons. The van der Waals surface area contributed by atoms with Crippen molar-refractivity contribution in [1.82, 2.24) is 9.80 Å². The number of aliphatic hydroxyl groups excluding tert-OH is 1. The van der Waals surface area contributed by atoms with Crippen molar-refractivity contribution in [3.63, 3.8) is 0 Å². The van der Waals surface area contributed by atoms with Crippen LogP contribution in [0.25, 0.3) is 0 Å². The van der Waals surface area contributed by atoms with Crippen LogP contribution >= 0.6 is 0 Å². The van der Waals surface area contributed by atoms with Crippen molar-refractivity contribution in [2.24, 2.45) is 5.92 Å². The number of rotatable bonds is 6. The fourth-order valence-corrected chi connectivity index (χ4v) is 3.10. The molecule has 0 aliphatic carbocycles. The molecule has 2 saturated heterocycles. The second-order valence-corrected chi connectivity index (χ2v) is 6.42. The molecule has 0 saturated carbocycles. The SMILES string of the molecule is CC(C)CC1COCCN1CC(O)CN1CCOCC1. The summed E-state index contributed by atoms with van der Waals surface area (Å²) >= 11 is 0. The fourth-order valence-electron chi connectivity index (χ4n) is 3.10. The van der Waals surface area contributed by atoms with Gasteiger partial charge in [-0.1, -0.05) is 13.8 Å². The van der Waals surface area contributed by atoms with Gasteiger partial charge in [-0.2, -0.15) is 0 Å². The van der Waals surface area contributed by atoms with Crippen molar-refractivity contribution < 1.29 is 14.6 Å². The Balaban J connectivity index is 1.76. The van der Waals surface area contributed by atoms with Crippen LogP contribution in [0.3, 0.4) is 0 Å². The Morgan fingerprint density at radius 1 is 1.05 bits per heavy atom. The molecule has 0 aromatic rings. The van der Waals surface area contributed by atoms with Crippen molar-refractivity contribution >= 4 is 0 Å². The summed E-state index contributed by atoms with van der Waals surface area (Å²) in [6, 6.07) is 0.461. The van der Waals surface area contributed by atoms with Gasteiger partial charge < -0.3 is 14.6 Å². The maximum absolute atomic E-state index is 10.3. The molecular weight excluding hydrogens is 256 g/mol. The highest BCUT2D eigenvalue weighted by Gasteiger charge is 2.26. The molecule has 2 unspecified atom stereocenters. The van der Waals surface area contributed by atoms with E-state index in [1.807, 2.05) is 0 Å². The standard InChI is InChI=1S/C15H30N2O3/c1-13(2)9-14-12-20-8-5-17(14)11-15(18)10-16-3-6-19-7-4-16/h13-15,18H,3-12H2,1-2H3. The monoisotopic (exact) mass is 286 g/mol. The largest absolute Gasteiger partial charge is 0.390 e. The van der Waals surface area contributed by atoms with Crippen LogP contribution in [-0.2, 0) is 9.47 Å². The Morgan fingerprint density at radius 3 is 2.45 bits per heavy atom. The van der Waals surface area contributed by atoms with E-state index in [1.165, 1.54) is 0 Å². The summed E-state index contributed by atoms with van der Waals surface area (Å²) < 4.78 is 10.9. The Labute approximate surface area is 122 Å². The van der Waals surface area contributed by atoms with Crippen molar-refractivity contribution in [2.45, 2.75) is 32.4 Å². The molecule has 0 amide bonds. The number of β-amino-alcohol motifs (C(OH)–C–C–N with tert-alkyl or cyclic N) is 1. The summed E-state index contributed by atoms with van der Waals surface area (Å²) in [6.45, 7) is 12.0. The van der Waals surface area contributed by atoms with Crippen molar-refractivity contribution in [1.29, 1.82) is 0 Å². The van der Waals surface area contributed by atoms with Crippen LogP contribution in [0.15, 0.2) is 0 Å². The first-order chi connectivity index (χ1) is 9.65. The molecule has 0 aromatic carbocycles. The van der Waals surface area contributed by atoms with Gasteiger partial charge in [0.05, 0.1) is 32.5 Å². The lowest BCUT2D eigenvalue weighted by atomic mass is 10.0. The lowest BCUT2D eigenvalue weighted by molar-refractivity contribution is -0.0425. The molecule has 1 N–H and O–H groups in total. The average Bonchev–Trinajstić information content (AvgIpc) is 2.41. The molecule has 118 valence electrons. The molecule has 2 aliphatic heterocycles. The van der Waals surface area contributed by atoms with E-state index in [9.17, 15) is 5.11 Å². The van der Waals surface area contributed by atoms with E-state index in [2.05, 4.69) is 23.6 Å². The predicted octanol–water partition coefficient (Wildman–Crippen LogP) is 0.426. The maximum Gasteiger partial charge on any atom is 0.0793 e. The van der Waals surface area contributed by atoms with Gasteiger partial charge in [-0.3, -0.25) is 9.80 Å². The summed E-state index contributed by atoms with van der Waals surface area (Å²) in [5.74, 6) is 0.667. The molecule has 2 fully saturated rings. The van der Waals surface area contributed by atoms with E-state index in [0.29, 0.717) is 12.0 Å². The van der Waals surface area contributed by atoms with Gasteiger partial charge >= 0.3 is 0 Å². The van der Waals surface area contributed by atoms with Crippen LogP contribution in [0.2, 0.25) is 0 Å². The number of ether oxygens (including phenoxy) is 2. The molecule has 2 aliphatic rings. The number of nitrogens with zero attached hydrogens (tertiary/aromatic N) is 2. The molecule has 5 nitrogen and oxygen atoms in total. The smallest absolute Gasteiger partial charge is 0.0793 e. The van der Waals surface area contributed by atoms with Gasteiger partial charge in [-0.05, 0) is 12.3 Å². The molecule has 2 heterocycles. The lowest BCUT2D eigenvalue weighted by Gasteiger charge is -2.38. The Kier molecular flexibility index (Phi) is 6.71. The highest BCUT2D eigenvalue weighted by molar-refractivity contribution is 4.80. The molecule has 2 atom stereocenters. The van der Waals surface area contributed by atoms with Crippen LogP contribution in [0, 0.1) is 5.92 Å². The van der Waals surface area contributed by atoms with Crippen LogP contribution < -0.4 is 0 Å². The third-order valence-corrected chi connectivity index (χ3v) is 4.11. The Hall–Kier alpha value is -0.200. The number of aliphatic hydroxyl groups is 1. The van der Waals surface area contributed by atoms with E-state index in [4.69, 9.17) is 9.47 Å². The van der Waals surface area contributed by atoms with Crippen LogP contribution in [-0.4, -0.2) is 86.2 Å². The number of hydrogen-bond acceptors (Lipinski definition) is 5. The summed E-state index contributed by atoms with van der Waals surface area (Å²) in [6.07, 6.45) is 0.866. The zero-order valence-corrected chi connectivity index (χ0v) is 13.0. The zero-order valence-electron chi connectivity index (χ0n) is 13.0. The molecular formula is C15H30N2O3. The topological polar surface area (TPSA) is 45.2 Å². The van der Waals surface area contributed by atoms with Gasteiger partial charge in [0.15, 0.2) is 0 Å². The molecule has 5 heteroatoms. The fraction of sp³-hybridized carbons (Fsp3) is 1.00. The molecule has 0 bridgehead atoms. The van der Waals surface area contributed by atoms with Gasteiger partial charge in [0.2, 0.25) is 0 Å². The third kappa shape index (κ3) is 5.30. The van der Waals surface area contributed by atoms with E-state index < -0.39 is 0 Å². The Morgan fingerprint density at radius 2 is 1.75 bits per heavy atom. The van der Waals surface area contributed by atoms with Crippen molar-refractivity contribution in [3.05, 3.63) is 0 Å². The minimum atomic E-state index is -0.277. The van der Waals surface area contributed by atoms with E-state index >= 15 is 0 Å². The first kappa shape index (κ1) is 16.2. The summed E-state index contributed by atoms with van der Waals surface area (Å²) in [5.41, 5.74) is 0. The van der Waals surface area contributed by atoms with Crippen LogP contribution in [0.4, 0.5) is 0 Å². The van der Waals surface area contributed by atoms with Crippen LogP contribution in [0.5, 0.6) is 0 Å². The lowest BCUT2D eigenvalue weighted by Crippen LogP contribution is -2.51. The second kappa shape index (κ2) is 8.29. The van der Waals surface area contributed by atoms with Gasteiger partial charge in [-0.15, -0.1) is 0 Å². The number of morpholine rings is 2. The molecule has 0 spiro atoms. The van der Waals surface area contributed by atoms with Gasteiger partial charge in [-0.25, -0.2) is 0 Å². The summed E-state index contributed by atoms with van der Waals surface area (Å²) in [5, 5.41) is 10.3. The zero-order chi connectivity index (χ0) is 14.4. The average molecular weight is 286 g/mol. The quantitative estimate of drug-likeness (QED) is 0.767. The van der Waals surface area contributed by atoms with Crippen molar-refractivity contribution in [2.75, 3.05) is 59.2 Å². The van der Waals surface area contributed by atoms with E-state index in [0.717, 1.165) is 65.6 Å². The molecule has 20 heavy (non-hydrogen) atoms. The first-order valence-electron chi connectivity index (χ1n) is 7.95. The van der Waals surface area contributed by atoms with Crippen molar-refractivity contribution in [3.8, 4) is 0 Å². The second-order valence-electron chi connectivity index (χ2n) is 6.42. The maximum atomic E-state index is 10.3. The van der Waals surface area contributed by atoms with Gasteiger partial charge in [0.1, 0.15) is 0 Å². The highest BCUT2D eigenvalue weighted by Crippen LogP contribution is 2.16. The van der Waals surface area contributed by atoms with Crippen LogP contribution in [0.1, 0.15) is 20.3 Å². The van der Waals surface area contributed by atoms with E-state index in [1.54, 1.807) is 0 Å². The van der Waals surface area contributed by atoms with E-state index in [-0.39, 0.29) is 6.10 Å². The minimum Gasteiger partial charge on any atom is -0.390 e. The first-order valence-corrected chi connectivity index (χ1v) is 7.95. The minimum absolute atomic E-state index is 0.277. The summed E-state index contributed by atoms with van der Waals surface area (Å²) in [7, 11) is 0. The summed E-state index contributed by atoms with van der Waals surface area (Å²) in [4.78, 5) is 4.71. The number of hydrogen-bond donors (Lipinski definition) is 1. The predicted molar refractivity (Wildman–Crippen MR) is 78.9 cm³/mol. The molecule has 2 rings (SSSR count). The third-order valence-electron chi connectivity index (χ3n) is 4.11.